The fourth-order valence-electron chi connectivity index (χ4n) is 2.65. The molecule has 0 spiro atoms. The van der Waals surface area contributed by atoms with Gasteiger partial charge < -0.3 is 9.88 Å². The number of aromatic nitrogens is 3. The van der Waals surface area contributed by atoms with Crippen molar-refractivity contribution in [3.8, 4) is 0 Å². The fraction of sp³-hybridized carbons (Fsp3) is 0.538. The highest BCUT2D eigenvalue weighted by atomic mass is 15.2. The normalized spacial score (nSPS) is 16.8. The number of fused-ring (bicyclic) bond motifs is 1. The molecule has 90 valence electrons. The van der Waals surface area contributed by atoms with Gasteiger partial charge in [-0.1, -0.05) is 12.8 Å². The lowest BCUT2D eigenvalue weighted by Gasteiger charge is -2.15. The summed E-state index contributed by atoms with van der Waals surface area (Å²) in [6.07, 6.45) is 7.03. The number of rotatable bonds is 2. The number of nitrogens with one attached hydrogen (secondary N) is 1. The van der Waals surface area contributed by atoms with E-state index < -0.39 is 0 Å². The molecular formula is C13H18N4. The van der Waals surface area contributed by atoms with Crippen LogP contribution in [0.5, 0.6) is 0 Å². The Hall–Kier alpha value is -1.58. The van der Waals surface area contributed by atoms with Crippen LogP contribution in [0.3, 0.4) is 0 Å². The molecular weight excluding hydrogens is 212 g/mol. The van der Waals surface area contributed by atoms with Crippen LogP contribution in [0.4, 0.5) is 5.82 Å². The minimum absolute atomic E-state index is 0.557. The summed E-state index contributed by atoms with van der Waals surface area (Å²) in [7, 11) is 4.07. The summed E-state index contributed by atoms with van der Waals surface area (Å²) in [5, 5.41) is 1.11. The smallest absolute Gasteiger partial charge is 0.143 e. The van der Waals surface area contributed by atoms with Gasteiger partial charge in [-0.15, -0.1) is 0 Å². The topological polar surface area (TPSA) is 44.8 Å². The van der Waals surface area contributed by atoms with Gasteiger partial charge in [-0.2, -0.15) is 0 Å². The van der Waals surface area contributed by atoms with Crippen LogP contribution < -0.4 is 4.90 Å². The van der Waals surface area contributed by atoms with E-state index in [1.807, 2.05) is 26.4 Å². The van der Waals surface area contributed by atoms with E-state index in [4.69, 9.17) is 4.98 Å². The van der Waals surface area contributed by atoms with Crippen LogP contribution >= 0.6 is 0 Å². The van der Waals surface area contributed by atoms with E-state index in [1.54, 1.807) is 0 Å². The maximum Gasteiger partial charge on any atom is 0.143 e. The van der Waals surface area contributed by atoms with Gasteiger partial charge in [-0.3, -0.25) is 0 Å². The molecule has 0 bridgehead atoms. The first-order valence-electron chi connectivity index (χ1n) is 6.28. The zero-order valence-corrected chi connectivity index (χ0v) is 10.4. The monoisotopic (exact) mass is 230 g/mol. The lowest BCUT2D eigenvalue weighted by Crippen LogP contribution is -2.13. The summed E-state index contributed by atoms with van der Waals surface area (Å²) in [6, 6.07) is 2.04. The summed E-state index contributed by atoms with van der Waals surface area (Å²) < 4.78 is 0. The average molecular weight is 230 g/mol. The Morgan fingerprint density at radius 2 is 2.00 bits per heavy atom. The molecule has 2 heterocycles. The Labute approximate surface area is 101 Å². The summed E-state index contributed by atoms with van der Waals surface area (Å²) >= 11 is 0. The summed E-state index contributed by atoms with van der Waals surface area (Å²) in [6.45, 7) is 0. The van der Waals surface area contributed by atoms with Crippen molar-refractivity contribution in [2.24, 2.45) is 0 Å². The zero-order valence-electron chi connectivity index (χ0n) is 10.4. The maximum absolute atomic E-state index is 4.75. The summed E-state index contributed by atoms with van der Waals surface area (Å²) in [5.41, 5.74) is 0.964. The molecule has 0 atom stereocenters. The van der Waals surface area contributed by atoms with Crippen LogP contribution in [0.1, 0.15) is 37.4 Å². The predicted molar refractivity (Wildman–Crippen MR) is 69.4 cm³/mol. The molecule has 1 N–H and O–H groups in total. The van der Waals surface area contributed by atoms with Crippen LogP contribution in [0, 0.1) is 0 Å². The molecule has 0 aliphatic heterocycles. The third kappa shape index (κ3) is 1.77. The van der Waals surface area contributed by atoms with Gasteiger partial charge in [0.1, 0.15) is 17.3 Å². The molecule has 2 aromatic rings. The van der Waals surface area contributed by atoms with E-state index >= 15 is 0 Å². The van der Waals surface area contributed by atoms with Crippen molar-refractivity contribution in [3.63, 3.8) is 0 Å². The standard InChI is InChI=1S/C13H18N4/c1-17(2)13-10-7-8-14-12(10)15-11(16-13)9-5-3-4-6-9/h7-9H,3-6H2,1-2H3,(H,14,15,16). The molecule has 2 aromatic heterocycles. The summed E-state index contributed by atoms with van der Waals surface area (Å²) in [5.74, 6) is 2.60. The van der Waals surface area contributed by atoms with E-state index in [2.05, 4.69) is 14.9 Å². The molecule has 0 radical (unpaired) electrons. The number of anilines is 1. The molecule has 4 heteroatoms. The molecule has 1 fully saturated rings. The van der Waals surface area contributed by atoms with Crippen LogP contribution in [0.2, 0.25) is 0 Å². The molecule has 3 rings (SSSR count). The zero-order chi connectivity index (χ0) is 11.8. The minimum Gasteiger partial charge on any atom is -0.362 e. The fourth-order valence-corrected chi connectivity index (χ4v) is 2.65. The Bertz CT molecular complexity index is 523. The van der Waals surface area contributed by atoms with Gasteiger partial charge in [0.2, 0.25) is 0 Å². The first-order valence-corrected chi connectivity index (χ1v) is 6.28. The highest BCUT2D eigenvalue weighted by Crippen LogP contribution is 2.34. The average Bonchev–Trinajstić information content (AvgIpc) is 2.98. The SMILES string of the molecule is CN(C)c1nc(C2CCCC2)nc2[nH]ccc12. The largest absolute Gasteiger partial charge is 0.362 e. The van der Waals surface area contributed by atoms with Crippen molar-refractivity contribution >= 4 is 16.9 Å². The Kier molecular flexibility index (Phi) is 2.50. The van der Waals surface area contributed by atoms with Gasteiger partial charge in [0, 0.05) is 26.2 Å². The maximum atomic E-state index is 4.75. The third-order valence-corrected chi connectivity index (χ3v) is 3.56. The Balaban J connectivity index is 2.12. The quantitative estimate of drug-likeness (QED) is 0.862. The second-order valence-corrected chi connectivity index (χ2v) is 5.02. The van der Waals surface area contributed by atoms with Crippen molar-refractivity contribution in [2.45, 2.75) is 31.6 Å². The molecule has 0 aromatic carbocycles. The van der Waals surface area contributed by atoms with Gasteiger partial charge in [-0.05, 0) is 18.9 Å². The number of H-pyrrole nitrogens is 1. The van der Waals surface area contributed by atoms with Crippen molar-refractivity contribution < 1.29 is 0 Å². The van der Waals surface area contributed by atoms with E-state index in [0.717, 1.165) is 22.7 Å². The first-order chi connectivity index (χ1) is 8.25. The van der Waals surface area contributed by atoms with Crippen molar-refractivity contribution in [1.29, 1.82) is 0 Å². The number of nitrogens with zero attached hydrogens (tertiary/aromatic N) is 3. The van der Waals surface area contributed by atoms with Crippen molar-refractivity contribution in [3.05, 3.63) is 18.1 Å². The van der Waals surface area contributed by atoms with Gasteiger partial charge in [-0.25, -0.2) is 9.97 Å². The second-order valence-electron chi connectivity index (χ2n) is 5.02. The minimum atomic E-state index is 0.557. The number of aromatic amines is 1. The van der Waals surface area contributed by atoms with Crippen LogP contribution in [0.25, 0.3) is 11.0 Å². The third-order valence-electron chi connectivity index (χ3n) is 3.56. The van der Waals surface area contributed by atoms with Gasteiger partial charge in [0.25, 0.3) is 0 Å². The van der Waals surface area contributed by atoms with Crippen LogP contribution in [0.15, 0.2) is 12.3 Å². The van der Waals surface area contributed by atoms with E-state index in [9.17, 15) is 0 Å². The van der Waals surface area contributed by atoms with Crippen LogP contribution in [-0.2, 0) is 0 Å². The number of hydrogen-bond donors (Lipinski definition) is 1. The van der Waals surface area contributed by atoms with Crippen molar-refractivity contribution in [2.75, 3.05) is 19.0 Å². The van der Waals surface area contributed by atoms with Gasteiger partial charge in [0.05, 0.1) is 5.39 Å². The van der Waals surface area contributed by atoms with E-state index in [-0.39, 0.29) is 0 Å². The first kappa shape index (κ1) is 10.6. The highest BCUT2D eigenvalue weighted by Gasteiger charge is 2.21. The van der Waals surface area contributed by atoms with Gasteiger partial charge >= 0.3 is 0 Å². The Morgan fingerprint density at radius 3 is 2.71 bits per heavy atom. The van der Waals surface area contributed by atoms with Crippen LogP contribution in [-0.4, -0.2) is 29.0 Å². The Morgan fingerprint density at radius 1 is 1.24 bits per heavy atom. The predicted octanol–water partition coefficient (Wildman–Crippen LogP) is 2.68. The second kappa shape index (κ2) is 4.02. The highest BCUT2D eigenvalue weighted by molar-refractivity contribution is 5.87. The molecule has 0 saturated heterocycles. The molecule has 4 nitrogen and oxygen atoms in total. The lowest BCUT2D eigenvalue weighted by atomic mass is 10.1. The molecule has 17 heavy (non-hydrogen) atoms. The lowest BCUT2D eigenvalue weighted by molar-refractivity contribution is 0.671. The summed E-state index contributed by atoms with van der Waals surface area (Å²) in [4.78, 5) is 14.7. The van der Waals surface area contributed by atoms with E-state index in [1.165, 1.54) is 25.7 Å². The van der Waals surface area contributed by atoms with E-state index in [0.29, 0.717) is 5.92 Å². The molecule has 0 unspecified atom stereocenters. The molecule has 1 saturated carbocycles. The molecule has 1 aliphatic carbocycles. The molecule has 1 aliphatic rings. The van der Waals surface area contributed by atoms with Gasteiger partial charge in [0.15, 0.2) is 0 Å². The molecule has 0 amide bonds. The number of hydrogen-bond acceptors (Lipinski definition) is 3. The van der Waals surface area contributed by atoms with Crippen molar-refractivity contribution in [1.82, 2.24) is 15.0 Å².